The Morgan fingerprint density at radius 3 is 2.88 bits per heavy atom. The summed E-state index contributed by atoms with van der Waals surface area (Å²) in [6.45, 7) is 0.738. The Kier molecular flexibility index (Phi) is 4.00. The largest absolute Gasteiger partial charge is 0.409 e. The zero-order valence-corrected chi connectivity index (χ0v) is 14.5. The lowest BCUT2D eigenvalue weighted by molar-refractivity contribution is -0.141. The Labute approximate surface area is 150 Å². The van der Waals surface area contributed by atoms with Crippen molar-refractivity contribution in [3.8, 4) is 0 Å². The van der Waals surface area contributed by atoms with Gasteiger partial charge in [0.25, 0.3) is 0 Å². The molecule has 2 aliphatic heterocycles. The molecule has 1 aromatic carbocycles. The van der Waals surface area contributed by atoms with Gasteiger partial charge < -0.3 is 15.4 Å². The number of aromatic nitrogens is 2. The molecule has 26 heavy (non-hydrogen) atoms. The molecule has 2 N–H and O–H groups in total. The summed E-state index contributed by atoms with van der Waals surface area (Å²) in [6, 6.07) is 8.64. The molecular formula is C17H20N6O3. The molecule has 0 radical (unpaired) electrons. The van der Waals surface area contributed by atoms with Gasteiger partial charge in [-0.15, -0.1) is 0 Å². The van der Waals surface area contributed by atoms with Crippen LogP contribution in [-0.4, -0.2) is 50.4 Å². The van der Waals surface area contributed by atoms with Crippen LogP contribution in [0.2, 0.25) is 0 Å². The van der Waals surface area contributed by atoms with E-state index in [2.05, 4.69) is 15.6 Å². The maximum atomic E-state index is 13.0. The highest BCUT2D eigenvalue weighted by atomic mass is 16.7. The van der Waals surface area contributed by atoms with Gasteiger partial charge >= 0.3 is 6.03 Å². The zero-order chi connectivity index (χ0) is 18.3. The van der Waals surface area contributed by atoms with E-state index in [1.165, 1.54) is 5.06 Å². The number of hydrogen-bond acceptors (Lipinski definition) is 5. The lowest BCUT2D eigenvalue weighted by atomic mass is 9.97. The van der Waals surface area contributed by atoms with Gasteiger partial charge in [0.05, 0.1) is 18.4 Å². The van der Waals surface area contributed by atoms with Crippen molar-refractivity contribution in [1.82, 2.24) is 25.1 Å². The van der Waals surface area contributed by atoms with Gasteiger partial charge in [-0.1, -0.05) is 35.5 Å². The first kappa shape index (κ1) is 16.4. The molecule has 1 saturated heterocycles. The number of urea groups is 1. The van der Waals surface area contributed by atoms with Crippen LogP contribution in [0, 0.1) is 0 Å². The molecule has 0 spiro atoms. The normalized spacial score (nSPS) is 21.9. The summed E-state index contributed by atoms with van der Waals surface area (Å²) in [4.78, 5) is 20.5. The SMILES string of the molecule is CN/C(=N\O)[C@@H]1c2c(cnn2C)[C@@H]2CN1C(=O)N2OCc1ccccc1. The van der Waals surface area contributed by atoms with E-state index in [0.29, 0.717) is 13.2 Å². The van der Waals surface area contributed by atoms with Crippen molar-refractivity contribution in [3.05, 3.63) is 53.3 Å². The van der Waals surface area contributed by atoms with Crippen molar-refractivity contribution in [1.29, 1.82) is 0 Å². The van der Waals surface area contributed by atoms with Gasteiger partial charge in [-0.3, -0.25) is 9.52 Å². The number of rotatable bonds is 4. The highest BCUT2D eigenvalue weighted by Gasteiger charge is 2.52. The average molecular weight is 356 g/mol. The molecule has 0 unspecified atom stereocenters. The van der Waals surface area contributed by atoms with Crippen molar-refractivity contribution in [2.75, 3.05) is 13.6 Å². The van der Waals surface area contributed by atoms with Gasteiger partial charge in [0.15, 0.2) is 5.84 Å². The maximum absolute atomic E-state index is 13.0. The fraction of sp³-hybridized carbons (Fsp3) is 0.353. The average Bonchev–Trinajstić information content (AvgIpc) is 3.18. The fourth-order valence-electron chi connectivity index (χ4n) is 3.62. The summed E-state index contributed by atoms with van der Waals surface area (Å²) >= 11 is 0. The predicted molar refractivity (Wildman–Crippen MR) is 92.1 cm³/mol. The third-order valence-corrected chi connectivity index (χ3v) is 4.87. The van der Waals surface area contributed by atoms with Gasteiger partial charge in [0, 0.05) is 19.7 Å². The van der Waals surface area contributed by atoms with E-state index in [1.54, 1.807) is 22.8 Å². The summed E-state index contributed by atoms with van der Waals surface area (Å²) in [5, 5.41) is 21.3. The van der Waals surface area contributed by atoms with Crippen LogP contribution in [0.1, 0.15) is 28.9 Å². The number of likely N-dealkylation sites (N-methyl/N-ethyl adjacent to an activating group) is 1. The molecule has 9 heteroatoms. The van der Waals surface area contributed by atoms with Crippen molar-refractivity contribution >= 4 is 11.9 Å². The molecule has 9 nitrogen and oxygen atoms in total. The van der Waals surface area contributed by atoms with Crippen molar-refractivity contribution in [3.63, 3.8) is 0 Å². The third kappa shape index (κ3) is 2.39. The Bertz CT molecular complexity index is 849. The minimum Gasteiger partial charge on any atom is -0.409 e. The first-order valence-electron chi connectivity index (χ1n) is 8.34. The van der Waals surface area contributed by atoms with Crippen LogP contribution in [0.15, 0.2) is 41.7 Å². The molecule has 2 aromatic rings. The van der Waals surface area contributed by atoms with Gasteiger partial charge in [0.2, 0.25) is 0 Å². The molecule has 136 valence electrons. The van der Waals surface area contributed by atoms with Gasteiger partial charge in [0.1, 0.15) is 18.7 Å². The van der Waals surface area contributed by atoms with E-state index in [9.17, 15) is 10.0 Å². The second kappa shape index (κ2) is 6.34. The summed E-state index contributed by atoms with van der Waals surface area (Å²) in [5.74, 6) is 0.284. The van der Waals surface area contributed by atoms with E-state index < -0.39 is 6.04 Å². The maximum Gasteiger partial charge on any atom is 0.345 e. The number of benzene rings is 1. The molecule has 0 saturated carbocycles. The van der Waals surface area contributed by atoms with Gasteiger partial charge in [-0.25, -0.2) is 4.79 Å². The lowest BCUT2D eigenvalue weighted by Crippen LogP contribution is -2.43. The van der Waals surface area contributed by atoms with Crippen LogP contribution in [-0.2, 0) is 18.5 Å². The highest BCUT2D eigenvalue weighted by Crippen LogP contribution is 2.44. The number of amidine groups is 1. The monoisotopic (exact) mass is 356 g/mol. The summed E-state index contributed by atoms with van der Waals surface area (Å²) < 4.78 is 1.70. The number of oxime groups is 1. The first-order chi connectivity index (χ1) is 12.7. The zero-order valence-electron chi connectivity index (χ0n) is 14.5. The van der Waals surface area contributed by atoms with Gasteiger partial charge in [-0.05, 0) is 5.56 Å². The smallest absolute Gasteiger partial charge is 0.345 e. The molecule has 2 bridgehead atoms. The second-order valence-corrected chi connectivity index (χ2v) is 6.28. The number of carbonyl (C=O) groups is 1. The molecule has 0 aliphatic carbocycles. The van der Waals surface area contributed by atoms with Crippen molar-refractivity contribution in [2.24, 2.45) is 12.2 Å². The first-order valence-corrected chi connectivity index (χ1v) is 8.34. The Balaban J connectivity index is 1.67. The molecule has 4 rings (SSSR count). The number of aryl methyl sites for hydroxylation is 1. The lowest BCUT2D eigenvalue weighted by Gasteiger charge is -2.31. The summed E-state index contributed by atoms with van der Waals surface area (Å²) in [7, 11) is 3.46. The number of carbonyl (C=O) groups excluding carboxylic acids is 1. The Morgan fingerprint density at radius 2 is 2.19 bits per heavy atom. The Hall–Kier alpha value is -3.07. The molecule has 1 aromatic heterocycles. The topological polar surface area (TPSA) is 95.2 Å². The fourth-order valence-corrected chi connectivity index (χ4v) is 3.62. The number of nitrogens with zero attached hydrogens (tertiary/aromatic N) is 5. The number of fused-ring (bicyclic) bond motifs is 4. The van der Waals surface area contributed by atoms with Crippen LogP contribution in [0.5, 0.6) is 0 Å². The third-order valence-electron chi connectivity index (χ3n) is 4.87. The van der Waals surface area contributed by atoms with Crippen LogP contribution < -0.4 is 5.32 Å². The van der Waals surface area contributed by atoms with Crippen LogP contribution >= 0.6 is 0 Å². The van der Waals surface area contributed by atoms with Crippen molar-refractivity contribution < 1.29 is 14.8 Å². The minimum absolute atomic E-state index is 0.247. The van der Waals surface area contributed by atoms with Crippen molar-refractivity contribution in [2.45, 2.75) is 18.7 Å². The van der Waals surface area contributed by atoms with E-state index >= 15 is 0 Å². The number of hydroxylamine groups is 2. The van der Waals surface area contributed by atoms with Crippen LogP contribution in [0.4, 0.5) is 4.79 Å². The Morgan fingerprint density at radius 1 is 1.42 bits per heavy atom. The summed E-state index contributed by atoms with van der Waals surface area (Å²) in [6.07, 6.45) is 1.74. The molecule has 2 amide bonds. The number of amides is 2. The molecular weight excluding hydrogens is 336 g/mol. The molecule has 3 heterocycles. The van der Waals surface area contributed by atoms with Crippen LogP contribution in [0.3, 0.4) is 0 Å². The van der Waals surface area contributed by atoms with E-state index in [-0.39, 0.29) is 17.9 Å². The number of nitrogens with one attached hydrogen (secondary N) is 1. The molecule has 2 aliphatic rings. The minimum atomic E-state index is -0.540. The quantitative estimate of drug-likeness (QED) is 0.374. The molecule has 1 fully saturated rings. The standard InChI is InChI=1S/C17H20N6O3/c1-18-16(20-25)15-14-12(8-19-21(14)2)13-9-22(15)17(24)23(13)26-10-11-6-4-3-5-7-11/h3-8,13,15,25H,9-10H2,1-2H3,(H,18,20)/t13-,15-/m0/s1. The van der Waals surface area contributed by atoms with E-state index in [4.69, 9.17) is 4.84 Å². The number of hydrogen-bond donors (Lipinski definition) is 2. The summed E-state index contributed by atoms with van der Waals surface area (Å²) in [5.41, 5.74) is 2.68. The van der Waals surface area contributed by atoms with E-state index in [1.807, 2.05) is 37.4 Å². The van der Waals surface area contributed by atoms with E-state index in [0.717, 1.165) is 16.8 Å². The predicted octanol–water partition coefficient (Wildman–Crippen LogP) is 1.39. The van der Waals surface area contributed by atoms with Crippen LogP contribution in [0.25, 0.3) is 0 Å². The highest BCUT2D eigenvalue weighted by molar-refractivity contribution is 5.93. The van der Waals surface area contributed by atoms with Gasteiger partial charge in [-0.2, -0.15) is 10.2 Å². The molecule has 2 atom stereocenters. The second-order valence-electron chi connectivity index (χ2n) is 6.28.